The van der Waals surface area contributed by atoms with Gasteiger partial charge < -0.3 is 0 Å². The average molecular weight is 220 g/mol. The van der Waals surface area contributed by atoms with Crippen LogP contribution >= 0.6 is 0 Å². The molecule has 0 bridgehead atoms. The highest BCUT2D eigenvalue weighted by Crippen LogP contribution is 2.31. The maximum Gasteiger partial charge on any atom is 0.435 e. The summed E-state index contributed by atoms with van der Waals surface area (Å²) in [6.07, 6.45) is -3.45. The third-order valence-corrected chi connectivity index (χ3v) is 1.91. The molecular weight excluding hydrogens is 209 g/mol. The lowest BCUT2D eigenvalue weighted by molar-refractivity contribution is -0.141. The Morgan fingerprint density at radius 3 is 2.27 bits per heavy atom. The lowest BCUT2D eigenvalue weighted by Crippen LogP contribution is -2.11. The van der Waals surface area contributed by atoms with Crippen LogP contribution in [0.1, 0.15) is 42.9 Å². The number of carbonyl (C=O) groups excluding carboxylic acids is 1. The lowest BCUT2D eigenvalue weighted by Gasteiger charge is -2.05. The topological polar surface area (TPSA) is 34.9 Å². The van der Waals surface area contributed by atoms with Crippen molar-refractivity contribution in [3.8, 4) is 0 Å². The molecule has 0 aliphatic carbocycles. The van der Waals surface area contributed by atoms with Gasteiger partial charge in [0.1, 0.15) is 0 Å². The van der Waals surface area contributed by atoms with E-state index in [-0.39, 0.29) is 11.6 Å². The molecule has 0 spiro atoms. The predicted octanol–water partition coefficient (Wildman–Crippen LogP) is 2.69. The van der Waals surface area contributed by atoms with Gasteiger partial charge in [0.05, 0.1) is 5.56 Å². The number of ketones is 1. The largest absolute Gasteiger partial charge is 0.435 e. The molecule has 0 atom stereocenters. The molecule has 1 aromatic rings. The van der Waals surface area contributed by atoms with Gasteiger partial charge in [0, 0.05) is 12.2 Å². The molecule has 0 unspecified atom stereocenters. The van der Waals surface area contributed by atoms with E-state index in [4.69, 9.17) is 0 Å². The highest BCUT2D eigenvalue weighted by molar-refractivity contribution is 5.95. The first-order chi connectivity index (χ1) is 6.73. The van der Waals surface area contributed by atoms with Crippen LogP contribution in [0.15, 0.2) is 6.20 Å². The number of alkyl halides is 3. The van der Waals surface area contributed by atoms with E-state index in [0.717, 1.165) is 17.8 Å². The maximum absolute atomic E-state index is 12.5. The second-order valence-corrected chi connectivity index (χ2v) is 3.52. The number of rotatable bonds is 2. The van der Waals surface area contributed by atoms with Crippen molar-refractivity contribution in [1.82, 2.24) is 9.78 Å². The SMILES string of the molecule is CC(=O)c1cn(C(C)C)nc1C(F)(F)F. The van der Waals surface area contributed by atoms with Crippen molar-refractivity contribution in [2.45, 2.75) is 33.0 Å². The van der Waals surface area contributed by atoms with E-state index in [1.165, 1.54) is 0 Å². The van der Waals surface area contributed by atoms with E-state index in [2.05, 4.69) is 5.10 Å². The van der Waals surface area contributed by atoms with Crippen molar-refractivity contribution in [2.75, 3.05) is 0 Å². The van der Waals surface area contributed by atoms with E-state index in [1.54, 1.807) is 13.8 Å². The summed E-state index contributed by atoms with van der Waals surface area (Å²) >= 11 is 0. The molecule has 0 aromatic carbocycles. The molecule has 0 aliphatic rings. The van der Waals surface area contributed by atoms with Gasteiger partial charge in [-0.05, 0) is 20.8 Å². The minimum atomic E-state index is -4.58. The van der Waals surface area contributed by atoms with Crippen molar-refractivity contribution in [1.29, 1.82) is 0 Å². The van der Waals surface area contributed by atoms with Crippen LogP contribution in [0.5, 0.6) is 0 Å². The quantitative estimate of drug-likeness (QED) is 0.718. The predicted molar refractivity (Wildman–Crippen MR) is 47.6 cm³/mol. The molecule has 0 aliphatic heterocycles. The smallest absolute Gasteiger partial charge is 0.294 e. The van der Waals surface area contributed by atoms with Crippen LogP contribution in [-0.2, 0) is 6.18 Å². The third kappa shape index (κ3) is 2.37. The van der Waals surface area contributed by atoms with Crippen LogP contribution < -0.4 is 0 Å². The highest BCUT2D eigenvalue weighted by Gasteiger charge is 2.38. The molecule has 1 heterocycles. The van der Waals surface area contributed by atoms with E-state index < -0.39 is 17.7 Å². The summed E-state index contributed by atoms with van der Waals surface area (Å²) in [5.41, 5.74) is -1.49. The minimum absolute atomic E-state index is 0.209. The van der Waals surface area contributed by atoms with Gasteiger partial charge in [-0.3, -0.25) is 9.48 Å². The Hall–Kier alpha value is -1.33. The Morgan fingerprint density at radius 1 is 1.47 bits per heavy atom. The first-order valence-electron chi connectivity index (χ1n) is 4.40. The van der Waals surface area contributed by atoms with Crippen molar-refractivity contribution in [3.63, 3.8) is 0 Å². The number of hydrogen-bond acceptors (Lipinski definition) is 2. The fourth-order valence-electron chi connectivity index (χ4n) is 1.12. The van der Waals surface area contributed by atoms with Crippen molar-refractivity contribution < 1.29 is 18.0 Å². The first-order valence-corrected chi connectivity index (χ1v) is 4.40. The van der Waals surface area contributed by atoms with Gasteiger partial charge in [-0.15, -0.1) is 0 Å². The normalized spacial score (nSPS) is 12.2. The molecule has 1 aromatic heterocycles. The molecule has 15 heavy (non-hydrogen) atoms. The standard InChI is InChI=1S/C9H11F3N2O/c1-5(2)14-4-7(6(3)15)8(13-14)9(10,11)12/h4-5H,1-3H3. The van der Waals surface area contributed by atoms with E-state index in [0.29, 0.717) is 0 Å². The summed E-state index contributed by atoms with van der Waals surface area (Å²) in [4.78, 5) is 11.0. The second kappa shape index (κ2) is 3.67. The number of hydrogen-bond donors (Lipinski definition) is 0. The summed E-state index contributed by atoms with van der Waals surface area (Å²) in [5, 5.41) is 3.37. The van der Waals surface area contributed by atoms with Crippen LogP contribution in [0.4, 0.5) is 13.2 Å². The number of carbonyl (C=O) groups is 1. The van der Waals surface area contributed by atoms with E-state index in [9.17, 15) is 18.0 Å². The molecule has 84 valence electrons. The molecule has 0 radical (unpaired) electrons. The van der Waals surface area contributed by atoms with Gasteiger partial charge in [-0.2, -0.15) is 18.3 Å². The van der Waals surface area contributed by atoms with Crippen LogP contribution in [-0.4, -0.2) is 15.6 Å². The monoisotopic (exact) mass is 220 g/mol. The van der Waals surface area contributed by atoms with Crippen molar-refractivity contribution in [3.05, 3.63) is 17.5 Å². The average Bonchev–Trinajstić information content (AvgIpc) is 2.45. The summed E-state index contributed by atoms with van der Waals surface area (Å²) in [6, 6.07) is -0.209. The molecule has 0 saturated carbocycles. The Bertz CT molecular complexity index is 379. The van der Waals surface area contributed by atoms with Gasteiger partial charge in [-0.1, -0.05) is 0 Å². The van der Waals surface area contributed by atoms with Gasteiger partial charge in [0.15, 0.2) is 11.5 Å². The molecular formula is C9H11F3N2O. The van der Waals surface area contributed by atoms with E-state index in [1.807, 2.05) is 0 Å². The number of nitrogens with zero attached hydrogens (tertiary/aromatic N) is 2. The molecule has 0 amide bonds. The fraction of sp³-hybridized carbons (Fsp3) is 0.556. The van der Waals surface area contributed by atoms with Gasteiger partial charge in [-0.25, -0.2) is 0 Å². The summed E-state index contributed by atoms with van der Waals surface area (Å²) in [6.45, 7) is 4.48. The van der Waals surface area contributed by atoms with Crippen LogP contribution in [0.3, 0.4) is 0 Å². The zero-order chi connectivity index (χ0) is 11.8. The van der Waals surface area contributed by atoms with Crippen molar-refractivity contribution in [2.24, 2.45) is 0 Å². The Kier molecular flexibility index (Phi) is 2.88. The molecule has 1 rings (SSSR count). The zero-order valence-corrected chi connectivity index (χ0v) is 8.59. The molecule has 3 nitrogen and oxygen atoms in total. The maximum atomic E-state index is 12.5. The molecule has 0 saturated heterocycles. The Labute approximate surface area is 84.9 Å². The number of halogens is 3. The minimum Gasteiger partial charge on any atom is -0.294 e. The second-order valence-electron chi connectivity index (χ2n) is 3.52. The molecule has 6 heteroatoms. The first kappa shape index (κ1) is 11.7. The summed E-state index contributed by atoms with van der Waals surface area (Å²) < 4.78 is 38.5. The van der Waals surface area contributed by atoms with Crippen LogP contribution in [0.25, 0.3) is 0 Å². The van der Waals surface area contributed by atoms with E-state index >= 15 is 0 Å². The third-order valence-electron chi connectivity index (χ3n) is 1.91. The van der Waals surface area contributed by atoms with Crippen LogP contribution in [0.2, 0.25) is 0 Å². The van der Waals surface area contributed by atoms with Gasteiger partial charge >= 0.3 is 6.18 Å². The Balaban J connectivity index is 3.30. The highest BCUT2D eigenvalue weighted by atomic mass is 19.4. The summed E-state index contributed by atoms with van der Waals surface area (Å²) in [7, 11) is 0. The number of aromatic nitrogens is 2. The van der Waals surface area contributed by atoms with Gasteiger partial charge in [0.25, 0.3) is 0 Å². The fourth-order valence-corrected chi connectivity index (χ4v) is 1.12. The van der Waals surface area contributed by atoms with Crippen LogP contribution in [0, 0.1) is 0 Å². The Morgan fingerprint density at radius 2 is 2.00 bits per heavy atom. The molecule has 0 N–H and O–H groups in total. The van der Waals surface area contributed by atoms with Crippen molar-refractivity contribution >= 4 is 5.78 Å². The molecule has 0 fully saturated rings. The van der Waals surface area contributed by atoms with Gasteiger partial charge in [0.2, 0.25) is 0 Å². The zero-order valence-electron chi connectivity index (χ0n) is 8.59. The lowest BCUT2D eigenvalue weighted by atomic mass is 10.2. The summed E-state index contributed by atoms with van der Waals surface area (Å²) in [5.74, 6) is -0.630. The number of Topliss-reactive ketones (excluding diaryl/α,β-unsaturated/α-hetero) is 1.